The molecule has 0 amide bonds. The van der Waals surface area contributed by atoms with E-state index in [4.69, 9.17) is 8.94 Å². The highest BCUT2D eigenvalue weighted by atomic mass is 32.2. The summed E-state index contributed by atoms with van der Waals surface area (Å²) in [5.74, 6) is 4.10. The summed E-state index contributed by atoms with van der Waals surface area (Å²) in [6, 6.07) is 9.12. The van der Waals surface area contributed by atoms with Crippen molar-refractivity contribution in [2.24, 2.45) is 13.0 Å². The molecule has 1 aliphatic heterocycles. The number of benzene rings is 1. The van der Waals surface area contributed by atoms with Gasteiger partial charge in [-0.3, -0.25) is 0 Å². The Labute approximate surface area is 209 Å². The second-order valence-corrected chi connectivity index (χ2v) is 11.0. The van der Waals surface area contributed by atoms with Crippen molar-refractivity contribution in [3.63, 3.8) is 0 Å². The Hall–Kier alpha value is -2.91. The molecule has 0 spiro atoms. The third-order valence-electron chi connectivity index (χ3n) is 7.63. The van der Waals surface area contributed by atoms with Crippen LogP contribution in [0, 0.1) is 26.7 Å². The van der Waals surface area contributed by atoms with Crippen molar-refractivity contribution in [3.05, 3.63) is 53.4 Å². The number of oxazole rings is 1. The van der Waals surface area contributed by atoms with Gasteiger partial charge in [0.2, 0.25) is 5.82 Å². The van der Waals surface area contributed by atoms with E-state index in [0.717, 1.165) is 64.9 Å². The molecule has 0 bridgehead atoms. The van der Waals surface area contributed by atoms with Crippen LogP contribution < -0.4 is 0 Å². The molecule has 2 aliphatic rings. The minimum absolute atomic E-state index is 0.345. The Morgan fingerprint density at radius 2 is 1.94 bits per heavy atom. The maximum Gasteiger partial charge on any atom is 0.202 e. The van der Waals surface area contributed by atoms with Crippen LogP contribution in [0.15, 0.2) is 44.8 Å². The van der Waals surface area contributed by atoms with Gasteiger partial charge in [0.25, 0.3) is 0 Å². The Morgan fingerprint density at radius 3 is 2.66 bits per heavy atom. The summed E-state index contributed by atoms with van der Waals surface area (Å²) < 4.78 is 12.8. The second-order valence-electron chi connectivity index (χ2n) is 9.90. The van der Waals surface area contributed by atoms with Gasteiger partial charge in [-0.1, -0.05) is 41.2 Å². The van der Waals surface area contributed by atoms with Crippen molar-refractivity contribution in [1.82, 2.24) is 29.8 Å². The highest BCUT2D eigenvalue weighted by Gasteiger charge is 2.60. The largest absolute Gasteiger partial charge is 0.440 e. The SMILES string of the molecule is Cc1ncoc1-c1nnc(SCCCN2CC3CC3(c3ccc(-c4c(C)noc4C)cc3)C2)n1C. The number of aryl methyl sites for hydroxylation is 3. The van der Waals surface area contributed by atoms with Crippen LogP contribution in [-0.2, 0) is 12.5 Å². The zero-order valence-corrected chi connectivity index (χ0v) is 21.4. The predicted octanol–water partition coefficient (Wildman–Crippen LogP) is 4.81. The van der Waals surface area contributed by atoms with Crippen molar-refractivity contribution in [1.29, 1.82) is 0 Å². The van der Waals surface area contributed by atoms with Crippen molar-refractivity contribution >= 4 is 11.8 Å². The quantitative estimate of drug-likeness (QED) is 0.257. The van der Waals surface area contributed by atoms with Gasteiger partial charge in [0, 0.05) is 36.9 Å². The van der Waals surface area contributed by atoms with Gasteiger partial charge in [0.1, 0.15) is 5.76 Å². The van der Waals surface area contributed by atoms with E-state index in [1.54, 1.807) is 11.8 Å². The number of thioether (sulfide) groups is 1. The van der Waals surface area contributed by atoms with Gasteiger partial charge in [-0.15, -0.1) is 10.2 Å². The molecule has 8 nitrogen and oxygen atoms in total. The first-order valence-corrected chi connectivity index (χ1v) is 13.1. The van der Waals surface area contributed by atoms with Crippen LogP contribution in [0.1, 0.15) is 35.6 Å². The molecule has 0 radical (unpaired) electrons. The first-order chi connectivity index (χ1) is 17.0. The molecule has 6 rings (SSSR count). The van der Waals surface area contributed by atoms with E-state index in [9.17, 15) is 0 Å². The van der Waals surface area contributed by atoms with Crippen LogP contribution in [0.3, 0.4) is 0 Å². The molecule has 0 N–H and O–H groups in total. The van der Waals surface area contributed by atoms with Crippen LogP contribution in [0.2, 0.25) is 0 Å². The van der Waals surface area contributed by atoms with E-state index in [1.807, 2.05) is 32.4 Å². The molecule has 4 heterocycles. The number of hydrogen-bond acceptors (Lipinski definition) is 8. The number of aromatic nitrogens is 5. The van der Waals surface area contributed by atoms with E-state index >= 15 is 0 Å². The van der Waals surface area contributed by atoms with Crippen LogP contribution >= 0.6 is 11.8 Å². The molecule has 1 aliphatic carbocycles. The Balaban J connectivity index is 1.03. The second kappa shape index (κ2) is 8.64. The molecule has 2 atom stereocenters. The van der Waals surface area contributed by atoms with E-state index in [0.29, 0.717) is 11.2 Å². The maximum atomic E-state index is 5.48. The molecule has 35 heavy (non-hydrogen) atoms. The fraction of sp³-hybridized carbons (Fsp3) is 0.462. The first kappa shape index (κ1) is 22.5. The summed E-state index contributed by atoms with van der Waals surface area (Å²) >= 11 is 1.75. The summed E-state index contributed by atoms with van der Waals surface area (Å²) in [6.45, 7) is 9.38. The summed E-state index contributed by atoms with van der Waals surface area (Å²) in [4.78, 5) is 6.79. The van der Waals surface area contributed by atoms with Crippen molar-refractivity contribution < 1.29 is 8.94 Å². The molecular formula is C26H30N6O2S. The van der Waals surface area contributed by atoms with E-state index in [-0.39, 0.29) is 0 Å². The zero-order chi connectivity index (χ0) is 24.2. The van der Waals surface area contributed by atoms with Gasteiger partial charge < -0.3 is 18.4 Å². The average Bonchev–Trinajstić information content (AvgIpc) is 3.26. The van der Waals surface area contributed by atoms with Gasteiger partial charge in [0.15, 0.2) is 17.3 Å². The molecule has 1 aromatic carbocycles. The van der Waals surface area contributed by atoms with Crippen LogP contribution in [0.25, 0.3) is 22.7 Å². The lowest BCUT2D eigenvalue weighted by atomic mass is 9.92. The molecule has 2 fully saturated rings. The number of nitrogens with zero attached hydrogens (tertiary/aromatic N) is 6. The van der Waals surface area contributed by atoms with Crippen LogP contribution in [0.5, 0.6) is 0 Å². The summed E-state index contributed by atoms with van der Waals surface area (Å²) in [7, 11) is 1.98. The lowest BCUT2D eigenvalue weighted by molar-refractivity contribution is 0.299. The number of hydrogen-bond donors (Lipinski definition) is 0. The van der Waals surface area contributed by atoms with Gasteiger partial charge in [-0.2, -0.15) is 0 Å². The number of rotatable bonds is 8. The lowest BCUT2D eigenvalue weighted by Crippen LogP contribution is -2.27. The fourth-order valence-electron chi connectivity index (χ4n) is 5.67. The van der Waals surface area contributed by atoms with Gasteiger partial charge >= 0.3 is 0 Å². The summed E-state index contributed by atoms with van der Waals surface area (Å²) in [5, 5.41) is 13.7. The standard InChI is InChI=1S/C26H30N6O2S/c1-16-22(18(3)34-30-16)19-6-8-20(9-7-19)26-12-21(26)13-32(14-26)10-5-11-35-25-29-28-24(31(25)4)23-17(2)27-15-33-23/h6-9,15,21H,5,10-14H2,1-4H3. The molecule has 2 unspecified atom stereocenters. The van der Waals surface area contributed by atoms with Crippen molar-refractivity contribution in [2.75, 3.05) is 25.4 Å². The smallest absolute Gasteiger partial charge is 0.202 e. The minimum atomic E-state index is 0.345. The monoisotopic (exact) mass is 490 g/mol. The number of fused-ring (bicyclic) bond motifs is 1. The average molecular weight is 491 g/mol. The third kappa shape index (κ3) is 3.90. The molecule has 1 saturated carbocycles. The molecule has 182 valence electrons. The highest BCUT2D eigenvalue weighted by Crippen LogP contribution is 2.59. The van der Waals surface area contributed by atoms with E-state index < -0.39 is 0 Å². The Kier molecular flexibility index (Phi) is 5.56. The zero-order valence-electron chi connectivity index (χ0n) is 20.6. The van der Waals surface area contributed by atoms with E-state index in [2.05, 4.69) is 49.5 Å². The lowest BCUT2D eigenvalue weighted by Gasteiger charge is -2.21. The normalized spacial score (nSPS) is 21.5. The molecule has 3 aromatic heterocycles. The Bertz CT molecular complexity index is 1340. The molecule has 9 heteroatoms. The van der Waals surface area contributed by atoms with Crippen molar-refractivity contribution in [3.8, 4) is 22.7 Å². The molecule has 1 saturated heterocycles. The fourth-order valence-corrected chi connectivity index (χ4v) is 6.51. The van der Waals surface area contributed by atoms with Gasteiger partial charge in [-0.05, 0) is 57.2 Å². The summed E-state index contributed by atoms with van der Waals surface area (Å²) in [5.41, 5.74) is 5.92. The number of likely N-dealkylation sites (tertiary alicyclic amines) is 1. The molecule has 4 aromatic rings. The summed E-state index contributed by atoms with van der Waals surface area (Å²) in [6.07, 6.45) is 3.89. The van der Waals surface area contributed by atoms with Crippen molar-refractivity contribution in [2.45, 2.75) is 44.2 Å². The van der Waals surface area contributed by atoms with Crippen LogP contribution in [-0.4, -0.2) is 55.2 Å². The van der Waals surface area contributed by atoms with Gasteiger partial charge in [-0.25, -0.2) is 4.98 Å². The van der Waals surface area contributed by atoms with Crippen LogP contribution in [0.4, 0.5) is 0 Å². The first-order valence-electron chi connectivity index (χ1n) is 12.1. The van der Waals surface area contributed by atoms with E-state index in [1.165, 1.54) is 30.5 Å². The minimum Gasteiger partial charge on any atom is -0.440 e. The maximum absolute atomic E-state index is 5.48. The molecular weight excluding hydrogens is 460 g/mol. The Morgan fingerprint density at radius 1 is 1.11 bits per heavy atom. The number of piperidine rings is 1. The topological polar surface area (TPSA) is 86.0 Å². The third-order valence-corrected chi connectivity index (χ3v) is 8.74. The highest BCUT2D eigenvalue weighted by molar-refractivity contribution is 7.99. The van der Waals surface area contributed by atoms with Gasteiger partial charge in [0.05, 0.1) is 11.4 Å². The predicted molar refractivity (Wildman–Crippen MR) is 134 cm³/mol.